The van der Waals surface area contributed by atoms with Crippen molar-refractivity contribution in [2.24, 2.45) is 0 Å². The van der Waals surface area contributed by atoms with Gasteiger partial charge >= 0.3 is 11.9 Å². The lowest BCUT2D eigenvalue weighted by atomic mass is 10.0. The Morgan fingerprint density at radius 2 is 1.87 bits per heavy atom. The Bertz CT molecular complexity index is 515. The molecule has 1 fully saturated rings. The van der Waals surface area contributed by atoms with E-state index in [1.54, 1.807) is 0 Å². The second kappa shape index (κ2) is 8.64. The summed E-state index contributed by atoms with van der Waals surface area (Å²) < 4.78 is 21.7. The fourth-order valence-electron chi connectivity index (χ4n) is 2.42. The molecule has 1 heterocycles. The van der Waals surface area contributed by atoms with Crippen LogP contribution >= 0.6 is 0 Å². The Hall–Kier alpha value is -1.92. The van der Waals surface area contributed by atoms with Crippen molar-refractivity contribution < 1.29 is 28.5 Å². The van der Waals surface area contributed by atoms with Crippen molar-refractivity contribution in [2.75, 3.05) is 6.61 Å². The third kappa shape index (κ3) is 6.00. The molecule has 0 aromatic heterocycles. The van der Waals surface area contributed by atoms with E-state index in [0.717, 1.165) is 5.56 Å². The van der Waals surface area contributed by atoms with Gasteiger partial charge in [-0.05, 0) is 12.0 Å². The lowest BCUT2D eigenvalue weighted by Crippen LogP contribution is -2.44. The van der Waals surface area contributed by atoms with Gasteiger partial charge in [0.2, 0.25) is 6.29 Å². The van der Waals surface area contributed by atoms with E-state index in [1.165, 1.54) is 13.8 Å². The Morgan fingerprint density at radius 3 is 2.52 bits per heavy atom. The summed E-state index contributed by atoms with van der Waals surface area (Å²) in [5, 5.41) is 0. The topological polar surface area (TPSA) is 71.1 Å². The summed E-state index contributed by atoms with van der Waals surface area (Å²) in [6.45, 7) is 3.20. The second-order valence-corrected chi connectivity index (χ2v) is 5.43. The molecule has 6 heteroatoms. The number of carbonyl (C=O) groups excluding carboxylic acids is 2. The number of esters is 2. The zero-order chi connectivity index (χ0) is 16.7. The Balaban J connectivity index is 1.92. The van der Waals surface area contributed by atoms with Crippen molar-refractivity contribution in [3.8, 4) is 0 Å². The zero-order valence-corrected chi connectivity index (χ0v) is 13.4. The molecular weight excluding hydrogens is 300 g/mol. The normalized spacial score (nSPS) is 24.0. The van der Waals surface area contributed by atoms with Crippen LogP contribution in [0, 0.1) is 0 Å². The maximum absolute atomic E-state index is 11.1. The Morgan fingerprint density at radius 1 is 1.13 bits per heavy atom. The van der Waals surface area contributed by atoms with Crippen molar-refractivity contribution in [1.82, 2.24) is 0 Å². The van der Waals surface area contributed by atoms with Crippen LogP contribution in [0.25, 0.3) is 0 Å². The van der Waals surface area contributed by atoms with Gasteiger partial charge in [-0.2, -0.15) is 0 Å². The third-order valence-corrected chi connectivity index (χ3v) is 3.48. The summed E-state index contributed by atoms with van der Waals surface area (Å²) in [6, 6.07) is 9.80. The van der Waals surface area contributed by atoms with Gasteiger partial charge in [-0.15, -0.1) is 0 Å². The van der Waals surface area contributed by atoms with E-state index >= 15 is 0 Å². The van der Waals surface area contributed by atoms with Gasteiger partial charge in [0, 0.05) is 20.3 Å². The Labute approximate surface area is 135 Å². The van der Waals surface area contributed by atoms with Crippen LogP contribution in [-0.4, -0.2) is 37.0 Å². The summed E-state index contributed by atoms with van der Waals surface area (Å²) in [6.07, 6.45) is -0.0847. The first-order valence-corrected chi connectivity index (χ1v) is 7.66. The van der Waals surface area contributed by atoms with Crippen molar-refractivity contribution in [1.29, 1.82) is 0 Å². The minimum Gasteiger partial charge on any atom is -0.463 e. The van der Waals surface area contributed by atoms with Crippen LogP contribution in [0.4, 0.5) is 0 Å². The van der Waals surface area contributed by atoms with Gasteiger partial charge in [0.1, 0.15) is 12.7 Å². The zero-order valence-electron chi connectivity index (χ0n) is 13.4. The van der Waals surface area contributed by atoms with Gasteiger partial charge in [-0.25, -0.2) is 0 Å². The first-order chi connectivity index (χ1) is 11.0. The van der Waals surface area contributed by atoms with Gasteiger partial charge in [0.25, 0.3) is 0 Å². The number of rotatable bonds is 6. The molecule has 0 N–H and O–H groups in total. The standard InChI is InChI=1S/C17H22O6/c1-12(18)20-11-16-15(8-9-17(23-16)22-13(2)19)21-10-14-6-4-3-5-7-14/h3-7,15-17H,8-11H2,1-2H3/t15-,16+,17?/m1/s1. The van der Waals surface area contributed by atoms with E-state index in [0.29, 0.717) is 19.4 Å². The molecule has 0 radical (unpaired) electrons. The average Bonchev–Trinajstić information content (AvgIpc) is 2.52. The lowest BCUT2D eigenvalue weighted by molar-refractivity contribution is -0.237. The molecule has 126 valence electrons. The molecule has 23 heavy (non-hydrogen) atoms. The second-order valence-electron chi connectivity index (χ2n) is 5.43. The van der Waals surface area contributed by atoms with Gasteiger partial charge in [-0.3, -0.25) is 9.59 Å². The van der Waals surface area contributed by atoms with Gasteiger partial charge in [-0.1, -0.05) is 30.3 Å². The molecule has 1 aromatic rings. The van der Waals surface area contributed by atoms with Crippen LogP contribution in [0.5, 0.6) is 0 Å². The summed E-state index contributed by atoms with van der Waals surface area (Å²) >= 11 is 0. The van der Waals surface area contributed by atoms with Crippen LogP contribution in [-0.2, 0) is 35.1 Å². The number of hydrogen-bond donors (Lipinski definition) is 0. The van der Waals surface area contributed by atoms with Crippen molar-refractivity contribution in [3.05, 3.63) is 35.9 Å². The minimum atomic E-state index is -0.621. The minimum absolute atomic E-state index is 0.0759. The molecule has 1 aromatic carbocycles. The number of carbonyl (C=O) groups is 2. The smallest absolute Gasteiger partial charge is 0.304 e. The van der Waals surface area contributed by atoms with Crippen molar-refractivity contribution >= 4 is 11.9 Å². The van der Waals surface area contributed by atoms with Crippen LogP contribution < -0.4 is 0 Å². The molecule has 6 nitrogen and oxygen atoms in total. The molecule has 2 rings (SSSR count). The molecule has 0 spiro atoms. The van der Waals surface area contributed by atoms with E-state index in [-0.39, 0.29) is 18.7 Å². The van der Waals surface area contributed by atoms with Crippen LogP contribution in [0.2, 0.25) is 0 Å². The summed E-state index contributed by atoms with van der Waals surface area (Å²) in [7, 11) is 0. The maximum Gasteiger partial charge on any atom is 0.304 e. The fourth-order valence-corrected chi connectivity index (χ4v) is 2.42. The van der Waals surface area contributed by atoms with E-state index in [1.807, 2.05) is 30.3 Å². The lowest BCUT2D eigenvalue weighted by Gasteiger charge is -2.35. The highest BCUT2D eigenvalue weighted by molar-refractivity contribution is 5.66. The highest BCUT2D eigenvalue weighted by Crippen LogP contribution is 2.24. The summed E-state index contributed by atoms with van der Waals surface area (Å²) in [5.74, 6) is -0.782. The van der Waals surface area contributed by atoms with Crippen LogP contribution in [0.15, 0.2) is 30.3 Å². The van der Waals surface area contributed by atoms with Crippen LogP contribution in [0.3, 0.4) is 0 Å². The molecule has 3 atom stereocenters. The number of benzene rings is 1. The fraction of sp³-hybridized carbons (Fsp3) is 0.529. The first-order valence-electron chi connectivity index (χ1n) is 7.66. The van der Waals surface area contributed by atoms with Gasteiger partial charge in [0.05, 0.1) is 12.7 Å². The molecular formula is C17H22O6. The highest BCUT2D eigenvalue weighted by Gasteiger charge is 2.34. The number of ether oxygens (including phenoxy) is 4. The molecule has 1 aliphatic rings. The highest BCUT2D eigenvalue weighted by atomic mass is 16.7. The quantitative estimate of drug-likeness (QED) is 0.748. The monoisotopic (exact) mass is 322 g/mol. The maximum atomic E-state index is 11.1. The third-order valence-electron chi connectivity index (χ3n) is 3.48. The van der Waals surface area contributed by atoms with E-state index in [4.69, 9.17) is 18.9 Å². The predicted molar refractivity (Wildman–Crippen MR) is 81.3 cm³/mol. The van der Waals surface area contributed by atoms with Crippen molar-refractivity contribution in [2.45, 2.75) is 51.8 Å². The molecule has 1 unspecified atom stereocenters. The van der Waals surface area contributed by atoms with Gasteiger partial charge in [0.15, 0.2) is 0 Å². The summed E-state index contributed by atoms with van der Waals surface area (Å²) in [4.78, 5) is 22.1. The van der Waals surface area contributed by atoms with Crippen molar-refractivity contribution in [3.63, 3.8) is 0 Å². The molecule has 0 amide bonds. The predicted octanol–water partition coefficient (Wildman–Crippen LogP) is 2.20. The molecule has 0 aliphatic carbocycles. The van der Waals surface area contributed by atoms with E-state index in [2.05, 4.69) is 0 Å². The largest absolute Gasteiger partial charge is 0.463 e. The molecule has 0 bridgehead atoms. The molecule has 0 saturated carbocycles. The van der Waals surface area contributed by atoms with E-state index < -0.39 is 18.4 Å². The average molecular weight is 322 g/mol. The number of hydrogen-bond acceptors (Lipinski definition) is 6. The van der Waals surface area contributed by atoms with Gasteiger partial charge < -0.3 is 18.9 Å². The SMILES string of the molecule is CC(=O)OC[C@@H]1OC(OC(C)=O)CC[C@H]1OCc1ccccc1. The molecule has 1 saturated heterocycles. The first kappa shape index (κ1) is 17.4. The molecule has 1 aliphatic heterocycles. The van der Waals surface area contributed by atoms with E-state index in [9.17, 15) is 9.59 Å². The Kier molecular flexibility index (Phi) is 6.55. The van der Waals surface area contributed by atoms with Crippen LogP contribution in [0.1, 0.15) is 32.3 Å². The summed E-state index contributed by atoms with van der Waals surface area (Å²) in [5.41, 5.74) is 1.06.